The van der Waals surface area contributed by atoms with E-state index in [9.17, 15) is 9.90 Å². The third-order valence-electron chi connectivity index (χ3n) is 5.62. The molecule has 0 aromatic heterocycles. The molecular weight excluding hydrogens is 308 g/mol. The average molecular weight is 328 g/mol. The van der Waals surface area contributed by atoms with Crippen LogP contribution in [0.1, 0.15) is 31.4 Å². The normalized spacial score (nSPS) is 36.7. The summed E-state index contributed by atoms with van der Waals surface area (Å²) in [5.41, 5.74) is 0.160. The van der Waals surface area contributed by atoms with Gasteiger partial charge in [-0.3, -0.25) is 4.79 Å². The lowest BCUT2D eigenvalue weighted by Gasteiger charge is -2.42. The molecule has 1 saturated heterocycles. The minimum atomic E-state index is -1.82. The Labute approximate surface area is 140 Å². The summed E-state index contributed by atoms with van der Waals surface area (Å²) in [7, 11) is 0. The lowest BCUT2D eigenvalue weighted by molar-refractivity contribution is -0.229. The van der Waals surface area contributed by atoms with Crippen molar-refractivity contribution in [3.8, 4) is 11.5 Å². The third-order valence-corrected chi connectivity index (χ3v) is 5.62. The summed E-state index contributed by atoms with van der Waals surface area (Å²) in [5, 5.41) is 11.1. The molecule has 2 aliphatic heterocycles. The molecule has 4 atom stereocenters. The topological polar surface area (TPSA) is 65.0 Å². The molecule has 5 heteroatoms. The first kappa shape index (κ1) is 15.4. The van der Waals surface area contributed by atoms with Gasteiger partial charge in [-0.2, -0.15) is 0 Å². The van der Waals surface area contributed by atoms with E-state index >= 15 is 0 Å². The van der Waals surface area contributed by atoms with Crippen molar-refractivity contribution in [2.45, 2.75) is 31.7 Å². The van der Waals surface area contributed by atoms with E-state index in [4.69, 9.17) is 14.2 Å². The summed E-state index contributed by atoms with van der Waals surface area (Å²) >= 11 is 0. The fourth-order valence-electron chi connectivity index (χ4n) is 4.23. The molecule has 2 heterocycles. The second kappa shape index (κ2) is 5.19. The van der Waals surface area contributed by atoms with E-state index in [1.54, 1.807) is 6.08 Å². The van der Waals surface area contributed by atoms with E-state index in [1.807, 2.05) is 31.2 Å². The van der Waals surface area contributed by atoms with Crippen LogP contribution in [-0.2, 0) is 9.53 Å². The molecule has 1 N–H and O–H groups in total. The number of rotatable bonds is 3. The SMILES string of the molecule is C=CC[C@]12CC=CC(=O)[C@@]1(O)OC(c1ccc3c(c1)OCO3)[C@H]2C. The van der Waals surface area contributed by atoms with Crippen LogP contribution in [0, 0.1) is 11.3 Å². The quantitative estimate of drug-likeness (QED) is 0.864. The average Bonchev–Trinajstić information content (AvgIpc) is 3.12. The van der Waals surface area contributed by atoms with E-state index < -0.39 is 23.1 Å². The maximum Gasteiger partial charge on any atom is 0.237 e. The van der Waals surface area contributed by atoms with Crippen LogP contribution in [0.3, 0.4) is 0 Å². The van der Waals surface area contributed by atoms with Crippen molar-refractivity contribution in [3.05, 3.63) is 48.6 Å². The van der Waals surface area contributed by atoms with Gasteiger partial charge in [0.2, 0.25) is 18.4 Å². The molecule has 0 spiro atoms. The van der Waals surface area contributed by atoms with Crippen molar-refractivity contribution in [2.75, 3.05) is 6.79 Å². The number of ketones is 1. The fourth-order valence-corrected chi connectivity index (χ4v) is 4.23. The molecule has 1 aromatic carbocycles. The standard InChI is InChI=1S/C19H20O5/c1-3-8-18-9-4-5-16(20)19(18,21)24-17(12(18)2)13-6-7-14-15(10-13)23-11-22-14/h3-7,10,12,17,21H,1,8-9,11H2,2H3/t12-,17?,18-,19-/m1/s1. The van der Waals surface area contributed by atoms with E-state index in [0.29, 0.717) is 24.3 Å². The lowest BCUT2D eigenvalue weighted by atomic mass is 9.62. The Morgan fingerprint density at radius 2 is 2.17 bits per heavy atom. The molecule has 1 aliphatic carbocycles. The van der Waals surface area contributed by atoms with Gasteiger partial charge in [0.15, 0.2) is 11.5 Å². The zero-order valence-corrected chi connectivity index (χ0v) is 13.5. The number of benzene rings is 1. The summed E-state index contributed by atoms with van der Waals surface area (Å²) in [6.07, 6.45) is 5.65. The Kier molecular flexibility index (Phi) is 3.34. The molecule has 0 saturated carbocycles. The summed E-state index contributed by atoms with van der Waals surface area (Å²) in [6.45, 7) is 6.03. The van der Waals surface area contributed by atoms with Crippen LogP contribution >= 0.6 is 0 Å². The first-order chi connectivity index (χ1) is 11.5. The maximum atomic E-state index is 12.4. The van der Waals surface area contributed by atoms with E-state index in [-0.39, 0.29) is 12.7 Å². The molecule has 24 heavy (non-hydrogen) atoms. The van der Waals surface area contributed by atoms with Crippen molar-refractivity contribution in [1.82, 2.24) is 0 Å². The Hall–Kier alpha value is -2.11. The molecule has 0 amide bonds. The van der Waals surface area contributed by atoms with Crippen molar-refractivity contribution in [2.24, 2.45) is 11.3 Å². The van der Waals surface area contributed by atoms with E-state index in [1.165, 1.54) is 6.08 Å². The largest absolute Gasteiger partial charge is 0.454 e. The predicted molar refractivity (Wildman–Crippen MR) is 86.5 cm³/mol. The Bertz CT molecular complexity index is 739. The third kappa shape index (κ3) is 1.85. The Balaban J connectivity index is 1.77. The summed E-state index contributed by atoms with van der Waals surface area (Å²) in [6, 6.07) is 5.60. The van der Waals surface area contributed by atoms with Gasteiger partial charge in [-0.1, -0.05) is 25.1 Å². The van der Waals surface area contributed by atoms with Gasteiger partial charge in [-0.25, -0.2) is 0 Å². The molecule has 3 aliphatic rings. The summed E-state index contributed by atoms with van der Waals surface area (Å²) < 4.78 is 16.8. The number of aliphatic hydroxyl groups is 1. The highest BCUT2D eigenvalue weighted by Gasteiger charge is 2.66. The van der Waals surface area contributed by atoms with Crippen molar-refractivity contribution in [3.63, 3.8) is 0 Å². The van der Waals surface area contributed by atoms with Crippen molar-refractivity contribution in [1.29, 1.82) is 0 Å². The molecule has 4 rings (SSSR count). The second-order valence-corrected chi connectivity index (χ2v) is 6.70. The van der Waals surface area contributed by atoms with Crippen molar-refractivity contribution >= 4 is 5.78 Å². The fraction of sp³-hybridized carbons (Fsp3) is 0.421. The van der Waals surface area contributed by atoms with Gasteiger partial charge in [0.05, 0.1) is 6.10 Å². The number of hydrogen-bond donors (Lipinski definition) is 1. The Morgan fingerprint density at radius 1 is 1.38 bits per heavy atom. The van der Waals surface area contributed by atoms with Gasteiger partial charge < -0.3 is 19.3 Å². The smallest absolute Gasteiger partial charge is 0.237 e. The van der Waals surface area contributed by atoms with E-state index in [2.05, 4.69) is 6.58 Å². The molecule has 0 bridgehead atoms. The van der Waals surface area contributed by atoms with Crippen LogP contribution in [0.5, 0.6) is 11.5 Å². The van der Waals surface area contributed by atoms with Crippen LogP contribution in [0.4, 0.5) is 0 Å². The van der Waals surface area contributed by atoms with Gasteiger partial charge in [-0.05, 0) is 42.5 Å². The molecule has 0 radical (unpaired) electrons. The van der Waals surface area contributed by atoms with Gasteiger partial charge >= 0.3 is 0 Å². The number of fused-ring (bicyclic) bond motifs is 2. The minimum Gasteiger partial charge on any atom is -0.454 e. The Morgan fingerprint density at radius 3 is 2.96 bits per heavy atom. The van der Waals surface area contributed by atoms with Crippen LogP contribution in [0.15, 0.2) is 43.0 Å². The summed E-state index contributed by atoms with van der Waals surface area (Å²) in [5.74, 6) is -0.942. The molecular formula is C19H20O5. The van der Waals surface area contributed by atoms with Crippen molar-refractivity contribution < 1.29 is 24.1 Å². The molecule has 1 fully saturated rings. The van der Waals surface area contributed by atoms with Crippen LogP contribution < -0.4 is 9.47 Å². The second-order valence-electron chi connectivity index (χ2n) is 6.70. The molecule has 1 aromatic rings. The molecule has 126 valence electrons. The number of ether oxygens (including phenoxy) is 3. The number of hydrogen-bond acceptors (Lipinski definition) is 5. The van der Waals surface area contributed by atoms with Gasteiger partial charge in [0, 0.05) is 5.41 Å². The van der Waals surface area contributed by atoms with Crippen LogP contribution in [0.25, 0.3) is 0 Å². The summed E-state index contributed by atoms with van der Waals surface area (Å²) in [4.78, 5) is 12.4. The number of allylic oxidation sites excluding steroid dienone is 2. The first-order valence-electron chi connectivity index (χ1n) is 8.13. The molecule has 1 unspecified atom stereocenters. The number of carbonyl (C=O) groups is 1. The lowest BCUT2D eigenvalue weighted by Crippen LogP contribution is -2.54. The highest BCUT2D eigenvalue weighted by molar-refractivity contribution is 5.97. The van der Waals surface area contributed by atoms with Gasteiger partial charge in [-0.15, -0.1) is 6.58 Å². The zero-order chi connectivity index (χ0) is 16.9. The maximum absolute atomic E-state index is 12.4. The molecule has 5 nitrogen and oxygen atoms in total. The highest BCUT2D eigenvalue weighted by atomic mass is 16.7. The highest BCUT2D eigenvalue weighted by Crippen LogP contribution is 2.61. The predicted octanol–water partition coefficient (Wildman–Crippen LogP) is 2.90. The monoisotopic (exact) mass is 328 g/mol. The first-order valence-corrected chi connectivity index (χ1v) is 8.13. The van der Waals surface area contributed by atoms with E-state index in [0.717, 1.165) is 5.56 Å². The van der Waals surface area contributed by atoms with Gasteiger partial charge in [0.1, 0.15) is 0 Å². The zero-order valence-electron chi connectivity index (χ0n) is 13.5. The minimum absolute atomic E-state index is 0.0743. The van der Waals surface area contributed by atoms with Crippen LogP contribution in [0.2, 0.25) is 0 Å². The number of carbonyl (C=O) groups excluding carboxylic acids is 1. The van der Waals surface area contributed by atoms with Gasteiger partial charge in [0.25, 0.3) is 0 Å². The van der Waals surface area contributed by atoms with Crippen LogP contribution in [-0.4, -0.2) is 23.5 Å².